The molecule has 0 unspecified atom stereocenters. The van der Waals surface area contributed by atoms with Crippen LogP contribution >= 0.6 is 0 Å². The molecule has 1 amide bonds. The van der Waals surface area contributed by atoms with Gasteiger partial charge in [-0.3, -0.25) is 14.5 Å². The lowest BCUT2D eigenvalue weighted by atomic mass is 9.90. The minimum Gasteiger partial charge on any atom is -0.379 e. The Hall–Kier alpha value is -2.51. The lowest BCUT2D eigenvalue weighted by Gasteiger charge is -2.40. The van der Waals surface area contributed by atoms with Crippen molar-refractivity contribution in [3.63, 3.8) is 0 Å². The van der Waals surface area contributed by atoms with Crippen LogP contribution in [0.1, 0.15) is 29.7 Å². The predicted molar refractivity (Wildman–Crippen MR) is 110 cm³/mol. The van der Waals surface area contributed by atoms with Gasteiger partial charge in [0.15, 0.2) is 5.60 Å². The fourth-order valence-corrected chi connectivity index (χ4v) is 4.45. The SMILES string of the molecule is O=C1N(CCc2ccccc2)CCC[C@@]1(O)CN1CCc2nc[nH]c(=O)c2CC1. The third-order valence-electron chi connectivity index (χ3n) is 6.08. The van der Waals surface area contributed by atoms with Crippen molar-refractivity contribution < 1.29 is 9.90 Å². The third kappa shape index (κ3) is 4.41. The summed E-state index contributed by atoms with van der Waals surface area (Å²) in [5, 5.41) is 11.2. The van der Waals surface area contributed by atoms with Gasteiger partial charge in [-0.15, -0.1) is 0 Å². The number of β-amino-alcohol motifs (C(OH)–C–C–N with tert-alkyl or cyclic N) is 1. The number of amides is 1. The van der Waals surface area contributed by atoms with Crippen molar-refractivity contribution in [3.8, 4) is 0 Å². The number of hydrogen-bond acceptors (Lipinski definition) is 5. The van der Waals surface area contributed by atoms with Gasteiger partial charge in [0.25, 0.3) is 11.5 Å². The highest BCUT2D eigenvalue weighted by molar-refractivity contribution is 5.86. The zero-order valence-electron chi connectivity index (χ0n) is 16.6. The second kappa shape index (κ2) is 8.47. The van der Waals surface area contributed by atoms with Gasteiger partial charge in [0.05, 0.1) is 12.0 Å². The first-order chi connectivity index (χ1) is 14.0. The molecule has 1 aromatic heterocycles. The highest BCUT2D eigenvalue weighted by atomic mass is 16.3. The molecule has 2 aromatic rings. The van der Waals surface area contributed by atoms with Crippen molar-refractivity contribution in [2.45, 2.75) is 37.7 Å². The van der Waals surface area contributed by atoms with E-state index in [2.05, 4.69) is 27.0 Å². The number of fused-ring (bicyclic) bond motifs is 1. The molecule has 154 valence electrons. The van der Waals surface area contributed by atoms with Crippen LogP contribution in [-0.4, -0.2) is 69.1 Å². The molecule has 1 aromatic carbocycles. The van der Waals surface area contributed by atoms with Crippen LogP contribution in [0.2, 0.25) is 0 Å². The molecule has 4 rings (SSSR count). The number of aromatic amines is 1. The van der Waals surface area contributed by atoms with Gasteiger partial charge in [-0.1, -0.05) is 30.3 Å². The number of nitrogens with zero attached hydrogens (tertiary/aromatic N) is 3. The molecule has 0 saturated carbocycles. The maximum atomic E-state index is 13.1. The van der Waals surface area contributed by atoms with Crippen LogP contribution in [-0.2, 0) is 24.1 Å². The summed E-state index contributed by atoms with van der Waals surface area (Å²) >= 11 is 0. The zero-order valence-corrected chi connectivity index (χ0v) is 16.6. The Morgan fingerprint density at radius 1 is 1.10 bits per heavy atom. The first-order valence-corrected chi connectivity index (χ1v) is 10.4. The van der Waals surface area contributed by atoms with Crippen molar-refractivity contribution in [1.29, 1.82) is 0 Å². The second-order valence-corrected chi connectivity index (χ2v) is 8.10. The Balaban J connectivity index is 1.39. The third-order valence-corrected chi connectivity index (χ3v) is 6.08. The van der Waals surface area contributed by atoms with Gasteiger partial charge in [0.1, 0.15) is 0 Å². The molecule has 2 aliphatic heterocycles. The number of benzene rings is 1. The van der Waals surface area contributed by atoms with Crippen molar-refractivity contribution in [2.75, 3.05) is 32.7 Å². The molecule has 7 nitrogen and oxygen atoms in total. The monoisotopic (exact) mass is 396 g/mol. The summed E-state index contributed by atoms with van der Waals surface area (Å²) in [6.45, 7) is 2.94. The average Bonchev–Trinajstić information content (AvgIpc) is 2.93. The summed E-state index contributed by atoms with van der Waals surface area (Å²) in [7, 11) is 0. The molecule has 0 spiro atoms. The molecule has 0 bridgehead atoms. The normalized spacial score (nSPS) is 22.9. The van der Waals surface area contributed by atoms with Crippen molar-refractivity contribution in [1.82, 2.24) is 19.8 Å². The van der Waals surface area contributed by atoms with Gasteiger partial charge in [-0.05, 0) is 31.2 Å². The summed E-state index contributed by atoms with van der Waals surface area (Å²) in [5.41, 5.74) is 1.30. The highest BCUT2D eigenvalue weighted by Crippen LogP contribution is 2.25. The molecule has 7 heteroatoms. The van der Waals surface area contributed by atoms with E-state index in [1.165, 1.54) is 11.9 Å². The maximum absolute atomic E-state index is 13.1. The number of H-pyrrole nitrogens is 1. The quantitative estimate of drug-likeness (QED) is 0.779. The van der Waals surface area contributed by atoms with Gasteiger partial charge >= 0.3 is 0 Å². The van der Waals surface area contributed by atoms with E-state index < -0.39 is 5.60 Å². The molecule has 0 aliphatic carbocycles. The highest BCUT2D eigenvalue weighted by Gasteiger charge is 2.43. The fourth-order valence-electron chi connectivity index (χ4n) is 4.45. The largest absolute Gasteiger partial charge is 0.379 e. The van der Waals surface area contributed by atoms with E-state index in [1.807, 2.05) is 18.2 Å². The lowest BCUT2D eigenvalue weighted by Crippen LogP contribution is -2.59. The lowest BCUT2D eigenvalue weighted by molar-refractivity contribution is -0.159. The van der Waals surface area contributed by atoms with Crippen LogP contribution in [0.5, 0.6) is 0 Å². The number of rotatable bonds is 5. The second-order valence-electron chi connectivity index (χ2n) is 8.10. The summed E-state index contributed by atoms with van der Waals surface area (Å²) in [6, 6.07) is 10.1. The van der Waals surface area contributed by atoms with Crippen LogP contribution < -0.4 is 5.56 Å². The molecular weight excluding hydrogens is 368 g/mol. The Bertz CT molecular complexity index is 914. The number of aromatic nitrogens is 2. The van der Waals surface area contributed by atoms with E-state index in [1.54, 1.807) is 4.90 Å². The Morgan fingerprint density at radius 3 is 2.72 bits per heavy atom. The van der Waals surface area contributed by atoms with E-state index in [0.717, 1.165) is 24.1 Å². The topological polar surface area (TPSA) is 89.5 Å². The molecule has 1 fully saturated rings. The number of carbonyl (C=O) groups excluding carboxylic acids is 1. The summed E-state index contributed by atoms with van der Waals surface area (Å²) < 4.78 is 0. The summed E-state index contributed by atoms with van der Waals surface area (Å²) in [6.07, 6.45) is 4.75. The van der Waals surface area contributed by atoms with Crippen molar-refractivity contribution in [3.05, 3.63) is 63.8 Å². The molecule has 1 atom stereocenters. The molecule has 2 N–H and O–H groups in total. The molecule has 1 saturated heterocycles. The number of hydrogen-bond donors (Lipinski definition) is 2. The summed E-state index contributed by atoms with van der Waals surface area (Å²) in [5.74, 6) is -0.169. The van der Waals surface area contributed by atoms with Crippen LogP contribution in [0, 0.1) is 0 Å². The van der Waals surface area contributed by atoms with E-state index in [-0.39, 0.29) is 11.5 Å². The minimum atomic E-state index is -1.36. The van der Waals surface area contributed by atoms with Gasteiger partial charge in [0, 0.05) is 44.7 Å². The molecule has 3 heterocycles. The number of piperidine rings is 1. The first kappa shape index (κ1) is 19.8. The van der Waals surface area contributed by atoms with Crippen LogP contribution in [0.15, 0.2) is 41.5 Å². The first-order valence-electron chi connectivity index (χ1n) is 10.4. The van der Waals surface area contributed by atoms with E-state index in [4.69, 9.17) is 0 Å². The average molecular weight is 396 g/mol. The maximum Gasteiger partial charge on any atom is 0.255 e. The Kier molecular flexibility index (Phi) is 5.78. The molecule has 29 heavy (non-hydrogen) atoms. The van der Waals surface area contributed by atoms with Crippen LogP contribution in [0.25, 0.3) is 0 Å². The molecule has 0 radical (unpaired) electrons. The number of carbonyl (C=O) groups is 1. The fraction of sp³-hybridized carbons (Fsp3) is 0.500. The van der Waals surface area contributed by atoms with Crippen LogP contribution in [0.3, 0.4) is 0 Å². The van der Waals surface area contributed by atoms with E-state index >= 15 is 0 Å². The van der Waals surface area contributed by atoms with Gasteiger partial charge in [-0.2, -0.15) is 0 Å². The van der Waals surface area contributed by atoms with Crippen molar-refractivity contribution >= 4 is 5.91 Å². The van der Waals surface area contributed by atoms with E-state index in [9.17, 15) is 14.7 Å². The van der Waals surface area contributed by atoms with Gasteiger partial charge < -0.3 is 15.0 Å². The number of likely N-dealkylation sites (tertiary alicyclic amines) is 1. The van der Waals surface area contributed by atoms with Gasteiger partial charge in [0.2, 0.25) is 0 Å². The Labute approximate surface area is 170 Å². The molecule has 2 aliphatic rings. The summed E-state index contributed by atoms with van der Waals surface area (Å²) in [4.78, 5) is 36.0. The standard InChI is InChI=1S/C22H28N4O3/c27-20-18-8-12-25(13-9-19(18)23-16-24-20)15-22(29)10-4-11-26(21(22)28)14-7-17-5-2-1-3-6-17/h1-3,5-6,16,29H,4,7-15H2,(H,23,24,27)/t22-/m1/s1. The predicted octanol–water partition coefficient (Wildman–Crippen LogP) is 0.767. The number of nitrogens with one attached hydrogen (secondary N) is 1. The smallest absolute Gasteiger partial charge is 0.255 e. The Morgan fingerprint density at radius 2 is 1.90 bits per heavy atom. The van der Waals surface area contributed by atoms with Crippen LogP contribution in [0.4, 0.5) is 0 Å². The zero-order chi connectivity index (χ0) is 20.3. The number of aliphatic hydroxyl groups is 1. The van der Waals surface area contributed by atoms with Gasteiger partial charge in [-0.25, -0.2) is 4.98 Å². The minimum absolute atomic E-state index is 0.0867. The van der Waals surface area contributed by atoms with Crippen molar-refractivity contribution in [2.24, 2.45) is 0 Å². The van der Waals surface area contributed by atoms with E-state index in [0.29, 0.717) is 52.0 Å². The molecular formula is C22H28N4O3.